The molecule has 0 spiro atoms. The summed E-state index contributed by atoms with van der Waals surface area (Å²) < 4.78 is 11.0. The van der Waals surface area contributed by atoms with E-state index in [1.54, 1.807) is 13.2 Å². The summed E-state index contributed by atoms with van der Waals surface area (Å²) in [5.41, 5.74) is 1.66. The van der Waals surface area contributed by atoms with E-state index in [9.17, 15) is 4.79 Å². The number of hydrogen-bond donors (Lipinski definition) is 2. The first-order valence-corrected chi connectivity index (χ1v) is 6.88. The standard InChI is InChI=1S/C15H18N2O3/c1-10-15(18)17-13-8-11(5-6-14(13)20-10)16-9-12-4-2-3-7-19-12/h3,5-8,10,12,16H,2,4,9H2,1H3,(H,17,18). The Hall–Kier alpha value is -2.17. The van der Waals surface area contributed by atoms with E-state index >= 15 is 0 Å². The molecule has 0 radical (unpaired) electrons. The molecular formula is C15H18N2O3. The monoisotopic (exact) mass is 274 g/mol. The molecule has 2 heterocycles. The second-order valence-corrected chi connectivity index (χ2v) is 5.05. The second kappa shape index (κ2) is 5.45. The van der Waals surface area contributed by atoms with Crippen LogP contribution in [-0.4, -0.2) is 24.7 Å². The third-order valence-corrected chi connectivity index (χ3v) is 3.47. The zero-order valence-corrected chi connectivity index (χ0v) is 11.4. The van der Waals surface area contributed by atoms with Gasteiger partial charge in [0.2, 0.25) is 0 Å². The van der Waals surface area contributed by atoms with Crippen LogP contribution in [-0.2, 0) is 9.53 Å². The lowest BCUT2D eigenvalue weighted by Gasteiger charge is -2.24. The van der Waals surface area contributed by atoms with Crippen LogP contribution in [0.1, 0.15) is 19.8 Å². The lowest BCUT2D eigenvalue weighted by Crippen LogP contribution is -2.34. The molecule has 0 saturated heterocycles. The van der Waals surface area contributed by atoms with E-state index < -0.39 is 6.10 Å². The SMILES string of the molecule is CC1Oc2ccc(NCC3CCC=CO3)cc2NC1=O. The number of nitrogens with one attached hydrogen (secondary N) is 2. The Labute approximate surface area is 118 Å². The van der Waals surface area contributed by atoms with E-state index in [4.69, 9.17) is 9.47 Å². The van der Waals surface area contributed by atoms with Crippen molar-refractivity contribution in [2.24, 2.45) is 0 Å². The van der Waals surface area contributed by atoms with Gasteiger partial charge >= 0.3 is 0 Å². The number of fused-ring (bicyclic) bond motifs is 1. The van der Waals surface area contributed by atoms with Crippen LogP contribution >= 0.6 is 0 Å². The molecule has 2 N–H and O–H groups in total. The maximum Gasteiger partial charge on any atom is 0.265 e. The van der Waals surface area contributed by atoms with E-state index in [0.29, 0.717) is 11.4 Å². The molecule has 5 nitrogen and oxygen atoms in total. The maximum absolute atomic E-state index is 11.6. The van der Waals surface area contributed by atoms with Crippen molar-refractivity contribution in [3.8, 4) is 5.75 Å². The molecule has 20 heavy (non-hydrogen) atoms. The van der Waals surface area contributed by atoms with Crippen LogP contribution in [0.2, 0.25) is 0 Å². The van der Waals surface area contributed by atoms with E-state index in [1.807, 2.05) is 24.3 Å². The topological polar surface area (TPSA) is 59.6 Å². The van der Waals surface area contributed by atoms with Crippen molar-refractivity contribution in [1.29, 1.82) is 0 Å². The normalized spacial score (nSPS) is 24.1. The van der Waals surface area contributed by atoms with Gasteiger partial charge in [-0.1, -0.05) is 0 Å². The second-order valence-electron chi connectivity index (χ2n) is 5.05. The minimum absolute atomic E-state index is 0.115. The quantitative estimate of drug-likeness (QED) is 0.889. The van der Waals surface area contributed by atoms with Gasteiger partial charge in [-0.15, -0.1) is 0 Å². The van der Waals surface area contributed by atoms with Gasteiger partial charge in [0.1, 0.15) is 11.9 Å². The highest BCUT2D eigenvalue weighted by Gasteiger charge is 2.23. The first-order valence-electron chi connectivity index (χ1n) is 6.88. The molecule has 2 aliphatic rings. The zero-order valence-electron chi connectivity index (χ0n) is 11.4. The Kier molecular flexibility index (Phi) is 3.50. The molecule has 0 bridgehead atoms. The molecular weight excluding hydrogens is 256 g/mol. The van der Waals surface area contributed by atoms with Gasteiger partial charge in [-0.3, -0.25) is 4.79 Å². The number of amides is 1. The summed E-state index contributed by atoms with van der Waals surface area (Å²) in [5.74, 6) is 0.593. The lowest BCUT2D eigenvalue weighted by molar-refractivity contribution is -0.122. The number of carbonyl (C=O) groups excluding carboxylic acids is 1. The number of anilines is 2. The molecule has 1 aromatic rings. The van der Waals surface area contributed by atoms with Crippen LogP contribution in [0.15, 0.2) is 30.5 Å². The van der Waals surface area contributed by atoms with Crippen LogP contribution in [0.4, 0.5) is 11.4 Å². The average molecular weight is 274 g/mol. The zero-order chi connectivity index (χ0) is 13.9. The molecule has 0 aromatic heterocycles. The van der Waals surface area contributed by atoms with Crippen molar-refractivity contribution >= 4 is 17.3 Å². The van der Waals surface area contributed by atoms with Gasteiger partial charge in [-0.25, -0.2) is 0 Å². The van der Waals surface area contributed by atoms with Crippen molar-refractivity contribution in [3.05, 3.63) is 30.5 Å². The molecule has 0 saturated carbocycles. The molecule has 1 aromatic carbocycles. The Balaban J connectivity index is 1.65. The molecule has 0 fully saturated rings. The summed E-state index contributed by atoms with van der Waals surface area (Å²) >= 11 is 0. The highest BCUT2D eigenvalue weighted by molar-refractivity contribution is 5.98. The van der Waals surface area contributed by atoms with Crippen molar-refractivity contribution < 1.29 is 14.3 Å². The maximum atomic E-state index is 11.6. The summed E-state index contributed by atoms with van der Waals surface area (Å²) in [6.45, 7) is 2.48. The minimum Gasteiger partial charge on any atom is -0.497 e. The summed E-state index contributed by atoms with van der Waals surface area (Å²) in [5, 5.41) is 6.17. The highest BCUT2D eigenvalue weighted by Crippen LogP contribution is 2.32. The molecule has 106 valence electrons. The van der Waals surface area contributed by atoms with Gasteiger partial charge in [0.05, 0.1) is 18.5 Å². The van der Waals surface area contributed by atoms with Crippen LogP contribution in [0.25, 0.3) is 0 Å². The molecule has 2 aliphatic heterocycles. The number of rotatable bonds is 3. The largest absolute Gasteiger partial charge is 0.497 e. The number of carbonyl (C=O) groups is 1. The molecule has 3 rings (SSSR count). The highest BCUT2D eigenvalue weighted by atomic mass is 16.5. The molecule has 1 amide bonds. The van der Waals surface area contributed by atoms with E-state index in [1.165, 1.54) is 0 Å². The van der Waals surface area contributed by atoms with Crippen LogP contribution in [0.3, 0.4) is 0 Å². The summed E-state index contributed by atoms with van der Waals surface area (Å²) in [6, 6.07) is 5.70. The van der Waals surface area contributed by atoms with Crippen molar-refractivity contribution in [2.75, 3.05) is 17.2 Å². The summed E-state index contributed by atoms with van der Waals surface area (Å²) in [4.78, 5) is 11.6. The van der Waals surface area contributed by atoms with Crippen LogP contribution in [0, 0.1) is 0 Å². The average Bonchev–Trinajstić information content (AvgIpc) is 2.47. The van der Waals surface area contributed by atoms with E-state index in [0.717, 1.165) is 25.1 Å². The van der Waals surface area contributed by atoms with Crippen LogP contribution < -0.4 is 15.4 Å². The number of hydrogen-bond acceptors (Lipinski definition) is 4. The summed E-state index contributed by atoms with van der Waals surface area (Å²) in [6.07, 6.45) is 5.62. The third kappa shape index (κ3) is 2.71. The van der Waals surface area contributed by atoms with Crippen LogP contribution in [0.5, 0.6) is 5.75 Å². The first kappa shape index (κ1) is 12.8. The van der Waals surface area contributed by atoms with Gasteiger partial charge in [-0.05, 0) is 44.0 Å². The number of benzene rings is 1. The predicted octanol–water partition coefficient (Wildman–Crippen LogP) is 2.51. The fourth-order valence-electron chi connectivity index (χ4n) is 2.29. The number of ether oxygens (including phenoxy) is 2. The fourth-order valence-corrected chi connectivity index (χ4v) is 2.29. The number of allylic oxidation sites excluding steroid dienone is 1. The van der Waals surface area contributed by atoms with Gasteiger partial charge in [0, 0.05) is 5.69 Å². The van der Waals surface area contributed by atoms with Crippen molar-refractivity contribution in [1.82, 2.24) is 0 Å². The van der Waals surface area contributed by atoms with Gasteiger partial charge in [-0.2, -0.15) is 0 Å². The van der Waals surface area contributed by atoms with Gasteiger partial charge < -0.3 is 20.1 Å². The predicted molar refractivity (Wildman–Crippen MR) is 76.9 cm³/mol. The fraction of sp³-hybridized carbons (Fsp3) is 0.400. The molecule has 5 heteroatoms. The Morgan fingerprint density at radius 1 is 1.45 bits per heavy atom. The van der Waals surface area contributed by atoms with E-state index in [2.05, 4.69) is 10.6 Å². The van der Waals surface area contributed by atoms with Crippen molar-refractivity contribution in [3.63, 3.8) is 0 Å². The minimum atomic E-state index is -0.441. The molecule has 2 atom stereocenters. The third-order valence-electron chi connectivity index (χ3n) is 3.47. The Bertz CT molecular complexity index is 542. The van der Waals surface area contributed by atoms with Gasteiger partial charge in [0.15, 0.2) is 6.10 Å². The smallest absolute Gasteiger partial charge is 0.265 e. The molecule has 2 unspecified atom stereocenters. The molecule has 0 aliphatic carbocycles. The van der Waals surface area contributed by atoms with Crippen molar-refractivity contribution in [2.45, 2.75) is 32.0 Å². The lowest BCUT2D eigenvalue weighted by atomic mass is 10.1. The Morgan fingerprint density at radius 3 is 3.15 bits per heavy atom. The first-order chi connectivity index (χ1) is 9.72. The van der Waals surface area contributed by atoms with Gasteiger partial charge in [0.25, 0.3) is 5.91 Å². The van der Waals surface area contributed by atoms with E-state index in [-0.39, 0.29) is 12.0 Å². The summed E-state index contributed by atoms with van der Waals surface area (Å²) in [7, 11) is 0. The Morgan fingerprint density at radius 2 is 2.35 bits per heavy atom.